The van der Waals surface area contributed by atoms with E-state index in [1.165, 1.54) is 30.4 Å². The van der Waals surface area contributed by atoms with Crippen molar-refractivity contribution in [1.29, 1.82) is 0 Å². The first-order valence-electron chi connectivity index (χ1n) is 8.05. The quantitative estimate of drug-likeness (QED) is 0.628. The van der Waals surface area contributed by atoms with Gasteiger partial charge in [-0.05, 0) is 17.7 Å². The van der Waals surface area contributed by atoms with Gasteiger partial charge in [0, 0.05) is 24.4 Å². The third kappa shape index (κ3) is 4.85. The van der Waals surface area contributed by atoms with Crippen molar-refractivity contribution < 1.29 is 18.0 Å². The summed E-state index contributed by atoms with van der Waals surface area (Å²) in [5.74, 6) is -0.103. The first kappa shape index (κ1) is 18.9. The van der Waals surface area contributed by atoms with Gasteiger partial charge in [0.1, 0.15) is 0 Å². The summed E-state index contributed by atoms with van der Waals surface area (Å²) in [7, 11) is 0. The van der Waals surface area contributed by atoms with E-state index in [1.807, 2.05) is 24.3 Å². The van der Waals surface area contributed by atoms with Crippen LogP contribution in [-0.2, 0) is 17.5 Å². The van der Waals surface area contributed by atoms with Crippen LogP contribution in [0.25, 0.3) is 11.3 Å². The minimum atomic E-state index is -4.44. The molecule has 0 unspecified atom stereocenters. The van der Waals surface area contributed by atoms with Crippen LogP contribution >= 0.6 is 11.3 Å². The summed E-state index contributed by atoms with van der Waals surface area (Å²) in [6.07, 6.45) is -4.44. The Balaban J connectivity index is 1.75. The fourth-order valence-electron chi connectivity index (χ4n) is 2.44. The fraction of sp³-hybridized carbons (Fsp3) is 0.158. The zero-order chi connectivity index (χ0) is 19.4. The van der Waals surface area contributed by atoms with Crippen molar-refractivity contribution in [3.63, 3.8) is 0 Å². The molecule has 140 valence electrons. The van der Waals surface area contributed by atoms with Gasteiger partial charge in [0.25, 0.3) is 0 Å². The molecule has 1 aromatic heterocycles. The molecule has 0 fully saturated rings. The normalized spacial score (nSPS) is 11.3. The number of anilines is 2. The number of benzene rings is 2. The number of para-hydroxylation sites is 1. The minimum absolute atomic E-state index is 0.0310. The van der Waals surface area contributed by atoms with Gasteiger partial charge in [0.05, 0.1) is 16.9 Å². The number of amides is 1. The Morgan fingerprint density at radius 1 is 1.11 bits per heavy atom. The lowest BCUT2D eigenvalue weighted by atomic mass is 10.1. The zero-order valence-electron chi connectivity index (χ0n) is 14.3. The minimum Gasteiger partial charge on any atom is -0.352 e. The van der Waals surface area contributed by atoms with E-state index < -0.39 is 11.7 Å². The summed E-state index contributed by atoms with van der Waals surface area (Å²) in [6, 6.07) is 12.8. The van der Waals surface area contributed by atoms with Gasteiger partial charge in [-0.25, -0.2) is 4.98 Å². The molecule has 0 saturated carbocycles. The van der Waals surface area contributed by atoms with Crippen LogP contribution in [-0.4, -0.2) is 10.9 Å². The lowest BCUT2D eigenvalue weighted by Gasteiger charge is -2.12. The average molecular weight is 391 g/mol. The lowest BCUT2D eigenvalue weighted by molar-refractivity contribution is -0.137. The van der Waals surface area contributed by atoms with E-state index in [9.17, 15) is 18.0 Å². The van der Waals surface area contributed by atoms with Gasteiger partial charge in [-0.2, -0.15) is 13.2 Å². The van der Waals surface area contributed by atoms with E-state index in [2.05, 4.69) is 15.6 Å². The van der Waals surface area contributed by atoms with Gasteiger partial charge < -0.3 is 10.6 Å². The number of carbonyl (C=O) groups excluding carboxylic acids is 1. The molecule has 1 heterocycles. The molecule has 0 atom stereocenters. The van der Waals surface area contributed by atoms with Crippen LogP contribution < -0.4 is 10.6 Å². The van der Waals surface area contributed by atoms with Crippen LogP contribution in [0.5, 0.6) is 0 Å². The number of nitrogens with zero attached hydrogens (tertiary/aromatic N) is 1. The van der Waals surface area contributed by atoms with Crippen molar-refractivity contribution in [1.82, 2.24) is 10.3 Å². The molecule has 0 saturated heterocycles. The van der Waals surface area contributed by atoms with Crippen molar-refractivity contribution in [3.05, 3.63) is 65.0 Å². The smallest absolute Gasteiger partial charge is 0.352 e. The number of nitrogens with one attached hydrogen (secondary N) is 2. The molecule has 2 aromatic carbocycles. The predicted molar refractivity (Wildman–Crippen MR) is 99.8 cm³/mol. The van der Waals surface area contributed by atoms with Crippen molar-refractivity contribution >= 4 is 28.1 Å². The molecule has 0 aliphatic heterocycles. The highest BCUT2D eigenvalue weighted by Crippen LogP contribution is 2.36. The maximum Gasteiger partial charge on any atom is 0.418 e. The van der Waals surface area contributed by atoms with E-state index in [1.54, 1.807) is 11.4 Å². The summed E-state index contributed by atoms with van der Waals surface area (Å²) in [4.78, 5) is 15.3. The maximum atomic E-state index is 13.1. The molecule has 0 aliphatic carbocycles. The Kier molecular flexibility index (Phi) is 5.46. The summed E-state index contributed by atoms with van der Waals surface area (Å²) in [5.41, 5.74) is 1.69. The van der Waals surface area contributed by atoms with Crippen LogP contribution in [0, 0.1) is 0 Å². The van der Waals surface area contributed by atoms with Gasteiger partial charge >= 0.3 is 6.18 Å². The molecule has 3 rings (SSSR count). The topological polar surface area (TPSA) is 54.0 Å². The molecule has 27 heavy (non-hydrogen) atoms. The van der Waals surface area contributed by atoms with Crippen LogP contribution in [0.15, 0.2) is 53.9 Å². The third-order valence-corrected chi connectivity index (χ3v) is 4.53. The molecule has 0 radical (unpaired) electrons. The van der Waals surface area contributed by atoms with E-state index in [4.69, 9.17) is 0 Å². The fourth-order valence-corrected chi connectivity index (χ4v) is 3.17. The van der Waals surface area contributed by atoms with Crippen molar-refractivity contribution in [2.45, 2.75) is 19.6 Å². The van der Waals surface area contributed by atoms with E-state index in [-0.39, 0.29) is 11.6 Å². The number of alkyl halides is 3. The highest BCUT2D eigenvalue weighted by Gasteiger charge is 2.33. The highest BCUT2D eigenvalue weighted by molar-refractivity contribution is 7.14. The second-order valence-corrected chi connectivity index (χ2v) is 6.67. The summed E-state index contributed by atoms with van der Waals surface area (Å²) in [5, 5.41) is 7.63. The zero-order valence-corrected chi connectivity index (χ0v) is 15.1. The number of aromatic nitrogens is 1. The summed E-state index contributed by atoms with van der Waals surface area (Å²) < 4.78 is 39.3. The molecular weight excluding hydrogens is 375 g/mol. The Bertz CT molecular complexity index is 936. The van der Waals surface area contributed by atoms with E-state index >= 15 is 0 Å². The Morgan fingerprint density at radius 2 is 1.81 bits per heavy atom. The van der Waals surface area contributed by atoms with Crippen molar-refractivity contribution in [2.24, 2.45) is 0 Å². The molecule has 0 aliphatic rings. The van der Waals surface area contributed by atoms with Crippen molar-refractivity contribution in [3.8, 4) is 11.3 Å². The molecule has 1 amide bonds. The molecule has 2 N–H and O–H groups in total. The number of halogens is 3. The van der Waals surface area contributed by atoms with Crippen LogP contribution in [0.3, 0.4) is 0 Å². The van der Waals surface area contributed by atoms with Gasteiger partial charge in [-0.3, -0.25) is 4.79 Å². The standard InChI is InChI=1S/C19H16F3N3OS/c1-12(26)23-10-13-6-8-14(9-7-13)17-11-27-18(25-17)24-16-5-3-2-4-15(16)19(20,21)22/h2-9,11H,10H2,1H3,(H,23,26)(H,24,25). The molecular formula is C19H16F3N3OS. The lowest BCUT2D eigenvalue weighted by Crippen LogP contribution is -2.18. The number of hydrogen-bond acceptors (Lipinski definition) is 4. The summed E-state index contributed by atoms with van der Waals surface area (Å²) >= 11 is 1.23. The SMILES string of the molecule is CC(=O)NCc1ccc(-c2csc(Nc3ccccc3C(F)(F)F)n2)cc1. The van der Waals surface area contributed by atoms with Gasteiger partial charge in [-0.1, -0.05) is 36.4 Å². The molecule has 0 spiro atoms. The van der Waals surface area contributed by atoms with Crippen LogP contribution in [0.2, 0.25) is 0 Å². The first-order valence-corrected chi connectivity index (χ1v) is 8.93. The maximum absolute atomic E-state index is 13.1. The first-order chi connectivity index (χ1) is 12.8. The van der Waals surface area contributed by atoms with Crippen molar-refractivity contribution in [2.75, 3.05) is 5.32 Å². The third-order valence-electron chi connectivity index (χ3n) is 3.77. The molecule has 0 bridgehead atoms. The Morgan fingerprint density at radius 3 is 2.48 bits per heavy atom. The predicted octanol–water partition coefficient (Wildman–Crippen LogP) is 5.21. The van der Waals surface area contributed by atoms with Gasteiger partial charge in [0.2, 0.25) is 5.91 Å². The second-order valence-electron chi connectivity index (χ2n) is 5.81. The van der Waals surface area contributed by atoms with Gasteiger partial charge in [-0.15, -0.1) is 11.3 Å². The highest BCUT2D eigenvalue weighted by atomic mass is 32.1. The van der Waals surface area contributed by atoms with E-state index in [0.29, 0.717) is 17.4 Å². The number of hydrogen-bond donors (Lipinski definition) is 2. The molecule has 3 aromatic rings. The molecule has 4 nitrogen and oxygen atoms in total. The Labute approximate surface area is 158 Å². The van der Waals surface area contributed by atoms with Crippen LogP contribution in [0.1, 0.15) is 18.1 Å². The number of rotatable bonds is 5. The second kappa shape index (κ2) is 7.79. The monoisotopic (exact) mass is 391 g/mol. The summed E-state index contributed by atoms with van der Waals surface area (Å²) in [6.45, 7) is 1.89. The van der Waals surface area contributed by atoms with E-state index in [0.717, 1.165) is 17.2 Å². The molecule has 8 heteroatoms. The van der Waals surface area contributed by atoms with Gasteiger partial charge in [0.15, 0.2) is 5.13 Å². The van der Waals surface area contributed by atoms with Crippen LogP contribution in [0.4, 0.5) is 24.0 Å². The Hall–Kier alpha value is -2.87. The average Bonchev–Trinajstić information content (AvgIpc) is 3.08. The number of carbonyl (C=O) groups is 1. The number of thiazole rings is 1. The largest absolute Gasteiger partial charge is 0.418 e.